The molecular weight excluding hydrogens is 292 g/mol. The van der Waals surface area contributed by atoms with Crippen LogP contribution in [0.3, 0.4) is 0 Å². The van der Waals surface area contributed by atoms with Gasteiger partial charge < -0.3 is 5.11 Å². The molecule has 1 N–H and O–H groups in total. The number of hydrogen-bond donors (Lipinski definition) is 1. The van der Waals surface area contributed by atoms with Gasteiger partial charge in [0.2, 0.25) is 0 Å². The van der Waals surface area contributed by atoms with Gasteiger partial charge in [0.15, 0.2) is 5.82 Å². The van der Waals surface area contributed by atoms with Gasteiger partial charge >= 0.3 is 5.97 Å². The maximum absolute atomic E-state index is 10.5. The monoisotopic (exact) mass is 322 g/mol. The fraction of sp³-hybridized carbons (Fsp3) is 0.882. The molecule has 0 spiro atoms. The number of carboxylic acids is 1. The Kier molecular flexibility index (Phi) is 7.49. The highest BCUT2D eigenvalue weighted by Gasteiger charge is 2.25. The molecule has 23 heavy (non-hydrogen) atoms. The molecule has 1 fully saturated rings. The average molecular weight is 322 g/mol. The first kappa shape index (κ1) is 17.9. The van der Waals surface area contributed by atoms with Crippen LogP contribution in [0.15, 0.2) is 0 Å². The first-order valence-corrected chi connectivity index (χ1v) is 9.18. The summed E-state index contributed by atoms with van der Waals surface area (Å²) in [6.45, 7) is 3.06. The minimum atomic E-state index is -0.715. The van der Waals surface area contributed by atoms with Gasteiger partial charge in [-0.3, -0.25) is 4.79 Å². The van der Waals surface area contributed by atoms with E-state index in [0.717, 1.165) is 37.5 Å². The molecule has 0 aliphatic heterocycles. The molecule has 0 saturated heterocycles. The number of rotatable bonds is 10. The zero-order chi connectivity index (χ0) is 16.5. The van der Waals surface area contributed by atoms with E-state index in [4.69, 9.17) is 5.11 Å². The third-order valence-electron chi connectivity index (χ3n) is 5.00. The van der Waals surface area contributed by atoms with Crippen molar-refractivity contribution in [3.05, 3.63) is 5.82 Å². The van der Waals surface area contributed by atoms with E-state index in [9.17, 15) is 4.79 Å². The number of carbonyl (C=O) groups is 1. The van der Waals surface area contributed by atoms with Gasteiger partial charge in [-0.2, -0.15) is 0 Å². The third-order valence-corrected chi connectivity index (χ3v) is 5.00. The van der Waals surface area contributed by atoms with Crippen LogP contribution in [0, 0.1) is 5.92 Å². The Morgan fingerprint density at radius 1 is 1.17 bits per heavy atom. The molecule has 1 aromatic heterocycles. The summed E-state index contributed by atoms with van der Waals surface area (Å²) < 4.78 is 1.94. The number of aliphatic carboxylic acids is 1. The van der Waals surface area contributed by atoms with Crippen LogP contribution in [0.5, 0.6) is 0 Å². The number of hydrogen-bond acceptors (Lipinski definition) is 4. The molecule has 0 unspecified atom stereocenters. The average Bonchev–Trinajstić information content (AvgIpc) is 3.01. The van der Waals surface area contributed by atoms with E-state index < -0.39 is 5.97 Å². The third kappa shape index (κ3) is 5.92. The van der Waals surface area contributed by atoms with E-state index in [0.29, 0.717) is 5.92 Å². The van der Waals surface area contributed by atoms with Crippen LogP contribution in [0.25, 0.3) is 0 Å². The van der Waals surface area contributed by atoms with Crippen molar-refractivity contribution in [2.45, 2.75) is 90.0 Å². The van der Waals surface area contributed by atoms with Crippen molar-refractivity contribution < 1.29 is 9.90 Å². The molecule has 1 aliphatic carbocycles. The van der Waals surface area contributed by atoms with E-state index in [2.05, 4.69) is 22.4 Å². The number of aryl methyl sites for hydroxylation is 1. The summed E-state index contributed by atoms with van der Waals surface area (Å²) in [6.07, 6.45) is 11.9. The van der Waals surface area contributed by atoms with E-state index >= 15 is 0 Å². The summed E-state index contributed by atoms with van der Waals surface area (Å²) in [5, 5.41) is 20.9. The van der Waals surface area contributed by atoms with Gasteiger partial charge in [-0.1, -0.05) is 32.6 Å². The summed E-state index contributed by atoms with van der Waals surface area (Å²) in [7, 11) is 0. The zero-order valence-corrected chi connectivity index (χ0v) is 14.3. The maximum atomic E-state index is 10.5. The summed E-state index contributed by atoms with van der Waals surface area (Å²) in [5.41, 5.74) is 0. The van der Waals surface area contributed by atoms with Crippen molar-refractivity contribution in [2.75, 3.05) is 0 Å². The van der Waals surface area contributed by atoms with Crippen molar-refractivity contribution in [1.29, 1.82) is 0 Å². The van der Waals surface area contributed by atoms with Crippen molar-refractivity contribution in [3.8, 4) is 0 Å². The normalized spacial score (nSPS) is 21.4. The molecule has 0 amide bonds. The highest BCUT2D eigenvalue weighted by Crippen LogP contribution is 2.36. The Balaban J connectivity index is 1.74. The largest absolute Gasteiger partial charge is 0.481 e. The zero-order valence-electron chi connectivity index (χ0n) is 14.3. The van der Waals surface area contributed by atoms with Crippen LogP contribution < -0.4 is 0 Å². The Morgan fingerprint density at radius 3 is 2.65 bits per heavy atom. The SMILES string of the molecule is CCCCC1CCC(c2nnnn2CCCCCC(=O)O)CC1. The Morgan fingerprint density at radius 2 is 1.96 bits per heavy atom. The minimum Gasteiger partial charge on any atom is -0.481 e. The van der Waals surface area contributed by atoms with Crippen molar-refractivity contribution in [2.24, 2.45) is 5.92 Å². The fourth-order valence-corrected chi connectivity index (χ4v) is 3.58. The summed E-state index contributed by atoms with van der Waals surface area (Å²) in [6, 6.07) is 0. The van der Waals surface area contributed by atoms with Gasteiger partial charge in [0, 0.05) is 18.9 Å². The highest BCUT2D eigenvalue weighted by atomic mass is 16.4. The molecule has 1 heterocycles. The molecule has 1 saturated carbocycles. The molecule has 0 bridgehead atoms. The van der Waals surface area contributed by atoms with Crippen molar-refractivity contribution in [3.63, 3.8) is 0 Å². The first-order valence-electron chi connectivity index (χ1n) is 9.18. The van der Waals surface area contributed by atoms with Crippen LogP contribution in [-0.4, -0.2) is 31.3 Å². The van der Waals surface area contributed by atoms with E-state index in [1.807, 2.05) is 4.68 Å². The lowest BCUT2D eigenvalue weighted by atomic mass is 9.79. The molecule has 6 heteroatoms. The molecule has 1 aromatic rings. The second-order valence-corrected chi connectivity index (χ2v) is 6.82. The fourth-order valence-electron chi connectivity index (χ4n) is 3.58. The first-order chi connectivity index (χ1) is 11.2. The predicted molar refractivity (Wildman–Crippen MR) is 88.1 cm³/mol. The van der Waals surface area contributed by atoms with Gasteiger partial charge in [0.05, 0.1) is 0 Å². The highest BCUT2D eigenvalue weighted by molar-refractivity contribution is 5.66. The van der Waals surface area contributed by atoms with Gasteiger partial charge in [-0.05, 0) is 54.9 Å². The van der Waals surface area contributed by atoms with Crippen LogP contribution in [0.4, 0.5) is 0 Å². The number of nitrogens with zero attached hydrogens (tertiary/aromatic N) is 4. The molecule has 0 radical (unpaired) electrons. The quantitative estimate of drug-likeness (QED) is 0.663. The lowest BCUT2D eigenvalue weighted by Crippen LogP contribution is -2.17. The molecule has 0 atom stereocenters. The minimum absolute atomic E-state index is 0.254. The Bertz CT molecular complexity index is 467. The summed E-state index contributed by atoms with van der Waals surface area (Å²) in [5.74, 6) is 1.72. The van der Waals surface area contributed by atoms with E-state index in [-0.39, 0.29) is 6.42 Å². The van der Waals surface area contributed by atoms with Crippen LogP contribution >= 0.6 is 0 Å². The molecule has 0 aromatic carbocycles. The van der Waals surface area contributed by atoms with Crippen molar-refractivity contribution >= 4 is 5.97 Å². The summed E-state index contributed by atoms with van der Waals surface area (Å²) in [4.78, 5) is 10.5. The summed E-state index contributed by atoms with van der Waals surface area (Å²) >= 11 is 0. The van der Waals surface area contributed by atoms with E-state index in [1.165, 1.54) is 44.9 Å². The molecule has 1 aliphatic rings. The second-order valence-electron chi connectivity index (χ2n) is 6.82. The predicted octanol–water partition coefficient (Wildman–Crippen LogP) is 3.78. The van der Waals surface area contributed by atoms with Gasteiger partial charge in [0.25, 0.3) is 0 Å². The van der Waals surface area contributed by atoms with Crippen LogP contribution in [0.1, 0.15) is 89.3 Å². The van der Waals surface area contributed by atoms with Gasteiger partial charge in [-0.25, -0.2) is 4.68 Å². The lowest BCUT2D eigenvalue weighted by Gasteiger charge is -2.27. The molecular formula is C17H30N4O2. The second kappa shape index (κ2) is 9.63. The maximum Gasteiger partial charge on any atom is 0.303 e. The number of unbranched alkanes of at least 4 members (excludes halogenated alkanes) is 3. The lowest BCUT2D eigenvalue weighted by molar-refractivity contribution is -0.137. The van der Waals surface area contributed by atoms with Gasteiger partial charge in [-0.15, -0.1) is 5.10 Å². The number of carboxylic acid groups (broad SMARTS) is 1. The van der Waals surface area contributed by atoms with Crippen LogP contribution in [-0.2, 0) is 11.3 Å². The smallest absolute Gasteiger partial charge is 0.303 e. The number of tetrazole rings is 1. The van der Waals surface area contributed by atoms with Gasteiger partial charge in [0.1, 0.15) is 0 Å². The van der Waals surface area contributed by atoms with Crippen LogP contribution in [0.2, 0.25) is 0 Å². The molecule has 130 valence electrons. The Hall–Kier alpha value is -1.46. The number of aromatic nitrogens is 4. The van der Waals surface area contributed by atoms with Crippen molar-refractivity contribution in [1.82, 2.24) is 20.2 Å². The topological polar surface area (TPSA) is 80.9 Å². The molecule has 2 rings (SSSR count). The molecule has 6 nitrogen and oxygen atoms in total. The Labute approximate surface area is 138 Å². The standard InChI is InChI=1S/C17H30N4O2/c1-2-3-7-14-9-11-15(12-10-14)17-18-19-20-21(17)13-6-4-5-8-16(22)23/h14-15H,2-13H2,1H3,(H,22,23). The van der Waals surface area contributed by atoms with E-state index in [1.54, 1.807) is 0 Å².